The van der Waals surface area contributed by atoms with E-state index < -0.39 is 23.8 Å². The molecule has 2 N–H and O–H groups in total. The first kappa shape index (κ1) is 29.0. The summed E-state index contributed by atoms with van der Waals surface area (Å²) in [5, 5.41) is 5.86. The molecule has 1 aliphatic carbocycles. The van der Waals surface area contributed by atoms with Crippen LogP contribution in [0, 0.1) is 13.8 Å². The number of carbonyl (C=O) groups is 3. The second-order valence-electron chi connectivity index (χ2n) is 10.8. The molecular formula is C27H43N3O4S. The van der Waals surface area contributed by atoms with Crippen molar-refractivity contribution in [2.75, 3.05) is 5.75 Å². The van der Waals surface area contributed by atoms with E-state index in [1.807, 2.05) is 45.9 Å². The van der Waals surface area contributed by atoms with Crippen molar-refractivity contribution in [3.05, 3.63) is 34.9 Å². The maximum Gasteiger partial charge on any atom is 0.408 e. The monoisotopic (exact) mass is 505 g/mol. The van der Waals surface area contributed by atoms with Gasteiger partial charge in [0.2, 0.25) is 11.8 Å². The molecule has 35 heavy (non-hydrogen) atoms. The fourth-order valence-corrected chi connectivity index (χ4v) is 4.82. The summed E-state index contributed by atoms with van der Waals surface area (Å²) in [5.74, 6) is -0.490. The van der Waals surface area contributed by atoms with Gasteiger partial charge in [0.05, 0.1) is 0 Å². The molecule has 0 aliphatic heterocycles. The van der Waals surface area contributed by atoms with E-state index in [1.165, 1.54) is 6.42 Å². The van der Waals surface area contributed by atoms with Gasteiger partial charge in [0.1, 0.15) is 17.7 Å². The van der Waals surface area contributed by atoms with Crippen molar-refractivity contribution in [1.82, 2.24) is 15.5 Å². The molecule has 2 atom stereocenters. The molecular weight excluding hydrogens is 462 g/mol. The fourth-order valence-electron chi connectivity index (χ4n) is 4.57. The van der Waals surface area contributed by atoms with Gasteiger partial charge in [0, 0.05) is 17.8 Å². The van der Waals surface area contributed by atoms with Gasteiger partial charge in [-0.15, -0.1) is 0 Å². The molecule has 7 nitrogen and oxygen atoms in total. The summed E-state index contributed by atoms with van der Waals surface area (Å²) in [6.07, 6.45) is 4.56. The number of hydrogen-bond acceptors (Lipinski definition) is 5. The first-order valence-electron chi connectivity index (χ1n) is 12.6. The van der Waals surface area contributed by atoms with E-state index in [0.717, 1.165) is 42.4 Å². The van der Waals surface area contributed by atoms with Crippen LogP contribution in [-0.2, 0) is 14.3 Å². The van der Waals surface area contributed by atoms with Gasteiger partial charge in [-0.05, 0) is 72.4 Å². The Labute approximate surface area is 216 Å². The van der Waals surface area contributed by atoms with Crippen LogP contribution in [0.15, 0.2) is 18.2 Å². The first-order chi connectivity index (χ1) is 16.3. The molecule has 1 aromatic rings. The molecule has 1 aromatic carbocycles. The number of rotatable bonds is 8. The molecule has 0 spiro atoms. The quantitative estimate of drug-likeness (QED) is 0.441. The van der Waals surface area contributed by atoms with Crippen LogP contribution in [0.2, 0.25) is 0 Å². The van der Waals surface area contributed by atoms with Crippen molar-refractivity contribution in [2.45, 2.75) is 110 Å². The summed E-state index contributed by atoms with van der Waals surface area (Å²) >= 11 is 4.33. The number of nitrogens with zero attached hydrogens (tertiary/aromatic N) is 1. The third-order valence-electron chi connectivity index (χ3n) is 6.18. The lowest BCUT2D eigenvalue weighted by Gasteiger charge is -2.38. The van der Waals surface area contributed by atoms with Crippen LogP contribution in [0.1, 0.15) is 89.5 Å². The molecule has 0 aromatic heterocycles. The van der Waals surface area contributed by atoms with Gasteiger partial charge in [-0.1, -0.05) is 43.0 Å². The van der Waals surface area contributed by atoms with Crippen molar-refractivity contribution < 1.29 is 19.1 Å². The fraction of sp³-hybridized carbons (Fsp3) is 0.667. The minimum atomic E-state index is -0.939. The van der Waals surface area contributed by atoms with Gasteiger partial charge < -0.3 is 20.3 Å². The Balaban J connectivity index is 2.42. The van der Waals surface area contributed by atoms with Gasteiger partial charge in [-0.25, -0.2) is 4.79 Å². The van der Waals surface area contributed by atoms with E-state index in [4.69, 9.17) is 4.74 Å². The van der Waals surface area contributed by atoms with Gasteiger partial charge in [-0.2, -0.15) is 12.6 Å². The number of aryl methyl sites for hydroxylation is 2. The molecule has 2 rings (SSSR count). The van der Waals surface area contributed by atoms with Gasteiger partial charge in [0.25, 0.3) is 0 Å². The maximum atomic E-state index is 13.8. The third kappa shape index (κ3) is 8.44. The zero-order valence-electron chi connectivity index (χ0n) is 22.3. The number of alkyl carbamates (subject to hydrolysis) is 1. The zero-order valence-corrected chi connectivity index (χ0v) is 23.2. The lowest BCUT2D eigenvalue weighted by molar-refractivity contribution is -0.144. The number of hydrogen-bond donors (Lipinski definition) is 3. The van der Waals surface area contributed by atoms with Crippen LogP contribution >= 0.6 is 12.6 Å². The second-order valence-corrected chi connectivity index (χ2v) is 11.2. The van der Waals surface area contributed by atoms with Crippen LogP contribution in [0.5, 0.6) is 0 Å². The van der Waals surface area contributed by atoms with Crippen molar-refractivity contribution in [2.24, 2.45) is 0 Å². The van der Waals surface area contributed by atoms with E-state index in [2.05, 4.69) is 23.3 Å². The molecule has 1 aliphatic rings. The highest BCUT2D eigenvalue weighted by atomic mass is 32.1. The second kappa shape index (κ2) is 12.7. The predicted octanol–water partition coefficient (Wildman–Crippen LogP) is 4.85. The zero-order chi connectivity index (χ0) is 26.3. The van der Waals surface area contributed by atoms with Crippen LogP contribution in [-0.4, -0.2) is 52.3 Å². The number of carbonyl (C=O) groups excluding carboxylic acids is 3. The summed E-state index contributed by atoms with van der Waals surface area (Å²) in [6, 6.07) is 3.95. The molecule has 8 heteroatoms. The summed E-state index contributed by atoms with van der Waals surface area (Å²) in [5.41, 5.74) is 2.10. The number of benzene rings is 1. The SMILES string of the molecule is Cc1ccc(C(C(=O)NC2CCCCC2)N(C(=O)C(CS)NC(=O)OC(C)(C)C)C(C)C)c(C)c1. The van der Waals surface area contributed by atoms with E-state index in [9.17, 15) is 14.4 Å². The predicted molar refractivity (Wildman–Crippen MR) is 143 cm³/mol. The Morgan fingerprint density at radius 1 is 1.11 bits per heavy atom. The summed E-state index contributed by atoms with van der Waals surface area (Å²) in [7, 11) is 0. The highest BCUT2D eigenvalue weighted by Gasteiger charge is 2.38. The van der Waals surface area contributed by atoms with Crippen LogP contribution < -0.4 is 10.6 Å². The van der Waals surface area contributed by atoms with Crippen molar-refractivity contribution in [3.63, 3.8) is 0 Å². The highest BCUT2D eigenvalue weighted by molar-refractivity contribution is 7.80. The molecule has 1 saturated carbocycles. The Morgan fingerprint density at radius 2 is 1.74 bits per heavy atom. The summed E-state index contributed by atoms with van der Waals surface area (Å²) < 4.78 is 5.35. The Kier molecular flexibility index (Phi) is 10.5. The number of nitrogens with one attached hydrogen (secondary N) is 2. The van der Waals surface area contributed by atoms with E-state index in [1.54, 1.807) is 25.7 Å². The Hall–Kier alpha value is -2.22. The molecule has 196 valence electrons. The minimum absolute atomic E-state index is 0.0745. The molecule has 0 bridgehead atoms. The van der Waals surface area contributed by atoms with E-state index in [-0.39, 0.29) is 29.7 Å². The van der Waals surface area contributed by atoms with Crippen molar-refractivity contribution >= 4 is 30.5 Å². The normalized spacial score (nSPS) is 16.4. The number of ether oxygens (including phenoxy) is 1. The average molecular weight is 506 g/mol. The summed E-state index contributed by atoms with van der Waals surface area (Å²) in [4.78, 5) is 41.6. The van der Waals surface area contributed by atoms with Crippen LogP contribution in [0.3, 0.4) is 0 Å². The first-order valence-corrected chi connectivity index (χ1v) is 13.3. The van der Waals surface area contributed by atoms with Gasteiger partial charge in [0.15, 0.2) is 0 Å². The number of amides is 3. The lowest BCUT2D eigenvalue weighted by atomic mass is 9.93. The van der Waals surface area contributed by atoms with E-state index in [0.29, 0.717) is 0 Å². The maximum absolute atomic E-state index is 13.8. The Morgan fingerprint density at radius 3 is 2.26 bits per heavy atom. The average Bonchev–Trinajstić information content (AvgIpc) is 2.75. The highest BCUT2D eigenvalue weighted by Crippen LogP contribution is 2.29. The van der Waals surface area contributed by atoms with Crippen molar-refractivity contribution in [1.29, 1.82) is 0 Å². The minimum Gasteiger partial charge on any atom is -0.444 e. The van der Waals surface area contributed by atoms with Crippen molar-refractivity contribution in [3.8, 4) is 0 Å². The van der Waals surface area contributed by atoms with Gasteiger partial charge in [-0.3, -0.25) is 9.59 Å². The molecule has 2 unspecified atom stereocenters. The molecule has 0 heterocycles. The summed E-state index contributed by atoms with van der Waals surface area (Å²) in [6.45, 7) is 13.0. The largest absolute Gasteiger partial charge is 0.444 e. The molecule has 0 radical (unpaired) electrons. The van der Waals surface area contributed by atoms with Crippen LogP contribution in [0.25, 0.3) is 0 Å². The smallest absolute Gasteiger partial charge is 0.408 e. The standard InChI is InChI=1S/C27H43N3O4S/c1-17(2)30(25(32)22(16-35)29-26(33)34-27(5,6)7)23(21-14-13-18(3)15-19(21)4)24(31)28-20-11-9-8-10-12-20/h13-15,17,20,22-23,35H,8-12,16H2,1-7H3,(H,28,31)(H,29,33). The third-order valence-corrected chi connectivity index (χ3v) is 6.55. The lowest BCUT2D eigenvalue weighted by Crippen LogP contribution is -2.56. The molecule has 0 saturated heterocycles. The molecule has 3 amide bonds. The van der Waals surface area contributed by atoms with E-state index >= 15 is 0 Å². The number of thiol groups is 1. The Bertz CT molecular complexity index is 891. The van der Waals surface area contributed by atoms with Gasteiger partial charge >= 0.3 is 6.09 Å². The van der Waals surface area contributed by atoms with Crippen LogP contribution in [0.4, 0.5) is 4.79 Å². The topological polar surface area (TPSA) is 87.7 Å². The molecule has 1 fully saturated rings.